The molecule has 0 heterocycles. The minimum Gasteiger partial charge on any atom is -0.508 e. The maximum Gasteiger partial charge on any atom is 0.161 e. The Kier molecular flexibility index (Phi) is 8.84. The molecule has 0 amide bonds. The van der Waals surface area contributed by atoms with Crippen molar-refractivity contribution in [3.63, 3.8) is 0 Å². The summed E-state index contributed by atoms with van der Waals surface area (Å²) in [5.74, 6) is 6.59. The Balaban J connectivity index is 1.21. The molecule has 0 aliphatic heterocycles. The van der Waals surface area contributed by atoms with Crippen LogP contribution in [0.3, 0.4) is 0 Å². The van der Waals surface area contributed by atoms with E-state index < -0.39 is 0 Å². The van der Waals surface area contributed by atoms with E-state index in [4.69, 9.17) is 9.47 Å². The Labute approximate surface area is 237 Å². The van der Waals surface area contributed by atoms with Gasteiger partial charge in [0.1, 0.15) is 5.75 Å². The average molecular weight is 533 g/mol. The van der Waals surface area contributed by atoms with E-state index in [2.05, 4.69) is 52.0 Å². The molecular formula is C36H52O3. The number of benzene rings is 2. The first-order valence-electron chi connectivity index (χ1n) is 16.0. The minimum atomic E-state index is 0.412. The predicted octanol–water partition coefficient (Wildman–Crippen LogP) is 9.35. The van der Waals surface area contributed by atoms with Crippen LogP contribution in [0.15, 0.2) is 36.4 Å². The smallest absolute Gasteiger partial charge is 0.161 e. The van der Waals surface area contributed by atoms with Gasteiger partial charge in [-0.25, -0.2) is 0 Å². The molecule has 2 saturated carbocycles. The summed E-state index contributed by atoms with van der Waals surface area (Å²) in [6.45, 7) is 10.4. The van der Waals surface area contributed by atoms with Gasteiger partial charge in [-0.15, -0.1) is 0 Å². The summed E-state index contributed by atoms with van der Waals surface area (Å²) >= 11 is 0. The number of hydrogen-bond acceptors (Lipinski definition) is 3. The summed E-state index contributed by atoms with van der Waals surface area (Å²) in [5.41, 5.74) is 4.69. The van der Waals surface area contributed by atoms with Crippen LogP contribution in [0.4, 0.5) is 0 Å². The molecule has 7 atom stereocenters. The number of methoxy groups -OCH3 is 1. The lowest BCUT2D eigenvalue weighted by Gasteiger charge is -2.53. The van der Waals surface area contributed by atoms with Crippen molar-refractivity contribution in [3.8, 4) is 17.2 Å². The summed E-state index contributed by atoms with van der Waals surface area (Å²) in [4.78, 5) is 0. The van der Waals surface area contributed by atoms with Crippen molar-refractivity contribution < 1.29 is 14.6 Å². The summed E-state index contributed by atoms with van der Waals surface area (Å²) < 4.78 is 12.2. The maximum absolute atomic E-state index is 10.1. The van der Waals surface area contributed by atoms with Gasteiger partial charge in [0.05, 0.1) is 13.7 Å². The molecule has 2 fully saturated rings. The van der Waals surface area contributed by atoms with E-state index in [0.717, 1.165) is 61.0 Å². The molecule has 7 unspecified atom stereocenters. The first kappa shape index (κ1) is 28.4. The molecule has 3 aliphatic carbocycles. The quantitative estimate of drug-likeness (QED) is 0.313. The van der Waals surface area contributed by atoms with Crippen molar-refractivity contribution in [1.82, 2.24) is 0 Å². The van der Waals surface area contributed by atoms with Gasteiger partial charge in [-0.3, -0.25) is 0 Å². The largest absolute Gasteiger partial charge is 0.508 e. The van der Waals surface area contributed by atoms with E-state index >= 15 is 0 Å². The molecule has 0 bridgehead atoms. The number of ether oxygens (including phenoxy) is 2. The molecule has 0 saturated heterocycles. The summed E-state index contributed by atoms with van der Waals surface area (Å²) in [7, 11) is 1.77. The Morgan fingerprint density at radius 3 is 2.67 bits per heavy atom. The number of unbranched alkanes of at least 4 members (excludes halogenated alkanes) is 1. The second-order valence-electron chi connectivity index (χ2n) is 13.4. The second kappa shape index (κ2) is 12.1. The van der Waals surface area contributed by atoms with Crippen LogP contribution in [0.2, 0.25) is 0 Å². The fourth-order valence-electron chi connectivity index (χ4n) is 9.09. The lowest BCUT2D eigenvalue weighted by molar-refractivity contribution is 0.000862. The van der Waals surface area contributed by atoms with Crippen molar-refractivity contribution in [2.45, 2.75) is 104 Å². The normalized spacial score (nSPS) is 30.2. The number of fused-ring (bicyclic) bond motifs is 5. The van der Waals surface area contributed by atoms with Gasteiger partial charge < -0.3 is 14.6 Å². The number of aromatic hydroxyl groups is 1. The van der Waals surface area contributed by atoms with E-state index in [9.17, 15) is 5.11 Å². The van der Waals surface area contributed by atoms with E-state index in [1.54, 1.807) is 7.11 Å². The second-order valence-corrected chi connectivity index (χ2v) is 13.4. The molecule has 3 heteroatoms. The lowest BCUT2D eigenvalue weighted by atomic mass is 9.51. The summed E-state index contributed by atoms with van der Waals surface area (Å²) in [5, 5.41) is 10.1. The zero-order valence-electron chi connectivity index (χ0n) is 25.2. The van der Waals surface area contributed by atoms with E-state index in [1.165, 1.54) is 68.1 Å². The summed E-state index contributed by atoms with van der Waals surface area (Å²) in [6, 6.07) is 12.8. The Bertz CT molecular complexity index is 1110. The van der Waals surface area contributed by atoms with Crippen molar-refractivity contribution >= 4 is 0 Å². The van der Waals surface area contributed by atoms with Crippen LogP contribution in [-0.2, 0) is 12.8 Å². The molecule has 0 spiro atoms. The van der Waals surface area contributed by atoms with Crippen molar-refractivity contribution in [3.05, 3.63) is 53.1 Å². The molecule has 5 rings (SSSR count). The number of rotatable bonds is 11. The van der Waals surface area contributed by atoms with Gasteiger partial charge in [0.25, 0.3) is 0 Å². The Morgan fingerprint density at radius 2 is 1.90 bits per heavy atom. The number of hydrogen-bond donors (Lipinski definition) is 1. The lowest BCUT2D eigenvalue weighted by Crippen LogP contribution is -2.45. The van der Waals surface area contributed by atoms with Gasteiger partial charge in [-0.1, -0.05) is 65.5 Å². The van der Waals surface area contributed by atoms with Crippen LogP contribution in [-0.4, -0.2) is 18.8 Å². The van der Waals surface area contributed by atoms with Crippen molar-refractivity contribution in [2.75, 3.05) is 13.7 Å². The van der Waals surface area contributed by atoms with E-state index in [-0.39, 0.29) is 0 Å². The van der Waals surface area contributed by atoms with Gasteiger partial charge in [-0.05, 0) is 127 Å². The van der Waals surface area contributed by atoms with Crippen LogP contribution in [0.25, 0.3) is 0 Å². The van der Waals surface area contributed by atoms with Gasteiger partial charge in [-0.2, -0.15) is 0 Å². The maximum atomic E-state index is 10.1. The highest BCUT2D eigenvalue weighted by atomic mass is 16.5. The zero-order valence-corrected chi connectivity index (χ0v) is 25.2. The highest BCUT2D eigenvalue weighted by molar-refractivity contribution is 5.43. The zero-order chi connectivity index (χ0) is 27.6. The summed E-state index contributed by atoms with van der Waals surface area (Å²) in [6.07, 6.45) is 13.8. The first-order valence-corrected chi connectivity index (χ1v) is 16.0. The SMILES string of the molecule is CCCCC(CC)Cc1ccc(OCCC2CCC3C4C(C)Cc5cc(O)ccc5C4CCC23C)c(OC)c1. The molecule has 0 radical (unpaired) electrons. The van der Waals surface area contributed by atoms with E-state index in [1.807, 2.05) is 12.1 Å². The molecule has 3 nitrogen and oxygen atoms in total. The number of phenols is 1. The van der Waals surface area contributed by atoms with Crippen LogP contribution >= 0.6 is 0 Å². The van der Waals surface area contributed by atoms with Crippen LogP contribution in [0, 0.1) is 35.0 Å². The van der Waals surface area contributed by atoms with Crippen LogP contribution < -0.4 is 9.47 Å². The highest BCUT2D eigenvalue weighted by Gasteiger charge is 2.55. The van der Waals surface area contributed by atoms with Crippen molar-refractivity contribution in [1.29, 1.82) is 0 Å². The van der Waals surface area contributed by atoms with Gasteiger partial charge in [0.15, 0.2) is 11.5 Å². The molecule has 1 N–H and O–H groups in total. The molecule has 2 aromatic carbocycles. The Hall–Kier alpha value is -2.16. The van der Waals surface area contributed by atoms with Crippen molar-refractivity contribution in [2.24, 2.45) is 35.0 Å². The molecular weight excluding hydrogens is 480 g/mol. The van der Waals surface area contributed by atoms with Gasteiger partial charge >= 0.3 is 0 Å². The van der Waals surface area contributed by atoms with E-state index in [0.29, 0.717) is 23.0 Å². The molecule has 214 valence electrons. The first-order chi connectivity index (χ1) is 18.9. The van der Waals surface area contributed by atoms with Gasteiger partial charge in [0.2, 0.25) is 0 Å². The highest BCUT2D eigenvalue weighted by Crippen LogP contribution is 2.64. The third-order valence-electron chi connectivity index (χ3n) is 11.3. The molecule has 0 aromatic heterocycles. The molecule has 2 aromatic rings. The standard InChI is InChI=1S/C36H52O3/c1-6-8-9-25(7-2)21-26-10-15-33(34(22-26)38-5)39-19-17-28-11-14-32-35-24(3)20-27-23-29(37)12-13-30(27)31(35)16-18-36(28,32)4/h10,12-13,15,22-25,28,31-32,35,37H,6-9,11,14,16-21H2,1-5H3. The third kappa shape index (κ3) is 5.70. The predicted molar refractivity (Wildman–Crippen MR) is 161 cm³/mol. The molecule has 3 aliphatic rings. The van der Waals surface area contributed by atoms with Crippen LogP contribution in [0.1, 0.15) is 108 Å². The number of phenolic OH excluding ortho intramolecular Hbond substituents is 1. The average Bonchev–Trinajstić information content (AvgIpc) is 3.27. The minimum absolute atomic E-state index is 0.412. The van der Waals surface area contributed by atoms with Crippen LogP contribution in [0.5, 0.6) is 17.2 Å². The fraction of sp³-hybridized carbons (Fsp3) is 0.667. The molecule has 39 heavy (non-hydrogen) atoms. The third-order valence-corrected chi connectivity index (χ3v) is 11.3. The Morgan fingerprint density at radius 1 is 1.05 bits per heavy atom. The fourth-order valence-corrected chi connectivity index (χ4v) is 9.09. The van der Waals surface area contributed by atoms with Gasteiger partial charge in [0, 0.05) is 0 Å². The topological polar surface area (TPSA) is 38.7 Å². The monoisotopic (exact) mass is 532 g/mol.